The van der Waals surface area contributed by atoms with Crippen LogP contribution in [0.4, 0.5) is 0 Å². The van der Waals surface area contributed by atoms with Crippen molar-refractivity contribution in [2.45, 2.75) is 45.3 Å². The molecule has 0 aliphatic carbocycles. The van der Waals surface area contributed by atoms with Crippen LogP contribution in [0.3, 0.4) is 0 Å². The highest BCUT2D eigenvalue weighted by atomic mass is 32.2. The van der Waals surface area contributed by atoms with E-state index >= 15 is 0 Å². The molecule has 7 nitrogen and oxygen atoms in total. The molecule has 8 heteroatoms. The fraction of sp³-hybridized carbons (Fsp3) is 0.519. The molecule has 2 aliphatic heterocycles. The third-order valence-electron chi connectivity index (χ3n) is 6.97. The van der Waals surface area contributed by atoms with Gasteiger partial charge in [0.15, 0.2) is 0 Å². The van der Waals surface area contributed by atoms with Crippen LogP contribution in [0.2, 0.25) is 0 Å². The highest BCUT2D eigenvalue weighted by molar-refractivity contribution is 7.88. The standard InChI is InChI=1S/C27H38N4O3S/c1-35(33,34)31-17-15-30(16-18-31)21-23-9-11-26(12-10-23)27(32)28-20-24-7-6-8-25(19-24)22-29-13-4-2-3-5-14-29/h6-12,19H,2-5,13-18,20-22H2,1H3,(H,28,32). The molecule has 2 aliphatic rings. The van der Waals surface area contributed by atoms with Gasteiger partial charge in [-0.05, 0) is 54.8 Å². The van der Waals surface area contributed by atoms with Gasteiger partial charge in [-0.1, -0.05) is 49.2 Å². The molecule has 35 heavy (non-hydrogen) atoms. The molecular weight excluding hydrogens is 460 g/mol. The molecule has 4 rings (SSSR count). The van der Waals surface area contributed by atoms with Crippen molar-refractivity contribution in [3.05, 3.63) is 70.8 Å². The van der Waals surface area contributed by atoms with Gasteiger partial charge in [-0.15, -0.1) is 0 Å². The van der Waals surface area contributed by atoms with Gasteiger partial charge >= 0.3 is 0 Å². The van der Waals surface area contributed by atoms with E-state index in [4.69, 9.17) is 0 Å². The molecule has 2 saturated heterocycles. The van der Waals surface area contributed by atoms with Crippen LogP contribution in [0, 0.1) is 0 Å². The van der Waals surface area contributed by atoms with Crippen LogP contribution < -0.4 is 5.32 Å². The van der Waals surface area contributed by atoms with Gasteiger partial charge in [0.25, 0.3) is 5.91 Å². The predicted molar refractivity (Wildman–Crippen MR) is 139 cm³/mol. The first-order valence-corrected chi connectivity index (χ1v) is 14.6. The first-order chi connectivity index (χ1) is 16.9. The minimum absolute atomic E-state index is 0.0729. The van der Waals surface area contributed by atoms with E-state index in [1.807, 2.05) is 24.3 Å². The van der Waals surface area contributed by atoms with Crippen LogP contribution in [-0.4, -0.2) is 74.0 Å². The number of amides is 1. The number of nitrogens with one attached hydrogen (secondary N) is 1. The Morgan fingerprint density at radius 3 is 2.03 bits per heavy atom. The number of hydrogen-bond donors (Lipinski definition) is 1. The number of rotatable bonds is 8. The van der Waals surface area contributed by atoms with Gasteiger partial charge in [-0.25, -0.2) is 8.42 Å². The molecule has 2 heterocycles. The lowest BCUT2D eigenvalue weighted by Crippen LogP contribution is -2.47. The molecule has 0 radical (unpaired) electrons. The summed E-state index contributed by atoms with van der Waals surface area (Å²) in [4.78, 5) is 17.5. The topological polar surface area (TPSA) is 73.0 Å². The molecule has 2 aromatic carbocycles. The first-order valence-electron chi connectivity index (χ1n) is 12.7. The molecule has 0 bridgehead atoms. The van der Waals surface area contributed by atoms with Crippen molar-refractivity contribution in [1.82, 2.24) is 19.4 Å². The zero-order valence-corrected chi connectivity index (χ0v) is 21.6. The van der Waals surface area contributed by atoms with Crippen LogP contribution in [0.25, 0.3) is 0 Å². The van der Waals surface area contributed by atoms with Crippen molar-refractivity contribution in [1.29, 1.82) is 0 Å². The highest BCUT2D eigenvalue weighted by Gasteiger charge is 2.23. The molecule has 2 aromatic rings. The van der Waals surface area contributed by atoms with Crippen molar-refractivity contribution < 1.29 is 13.2 Å². The summed E-state index contributed by atoms with van der Waals surface area (Å²) in [7, 11) is -3.11. The normalized spacial score (nSPS) is 18.8. The molecule has 1 N–H and O–H groups in total. The number of hydrogen-bond acceptors (Lipinski definition) is 5. The summed E-state index contributed by atoms with van der Waals surface area (Å²) < 4.78 is 24.9. The first kappa shape index (κ1) is 25.8. The Morgan fingerprint density at radius 1 is 0.771 bits per heavy atom. The molecule has 2 fully saturated rings. The molecule has 0 atom stereocenters. The molecule has 0 saturated carbocycles. The number of likely N-dealkylation sites (tertiary alicyclic amines) is 1. The van der Waals surface area contributed by atoms with E-state index in [9.17, 15) is 13.2 Å². The fourth-order valence-corrected chi connectivity index (χ4v) is 5.74. The zero-order chi connectivity index (χ0) is 24.7. The van der Waals surface area contributed by atoms with E-state index in [2.05, 4.69) is 39.4 Å². The lowest BCUT2D eigenvalue weighted by atomic mass is 10.1. The van der Waals surface area contributed by atoms with Gasteiger partial charge in [-0.2, -0.15) is 4.31 Å². The van der Waals surface area contributed by atoms with Gasteiger partial charge in [0, 0.05) is 51.4 Å². The van der Waals surface area contributed by atoms with Crippen LogP contribution >= 0.6 is 0 Å². The van der Waals surface area contributed by atoms with E-state index in [0.717, 1.165) is 24.2 Å². The molecule has 190 valence electrons. The molecule has 1 amide bonds. The third kappa shape index (κ3) is 7.87. The van der Waals surface area contributed by atoms with Crippen molar-refractivity contribution in [3.8, 4) is 0 Å². The Bertz CT molecular complexity index is 1070. The smallest absolute Gasteiger partial charge is 0.251 e. The van der Waals surface area contributed by atoms with Gasteiger partial charge in [0.05, 0.1) is 6.26 Å². The Balaban J connectivity index is 1.24. The van der Waals surface area contributed by atoms with E-state index in [1.54, 1.807) is 0 Å². The quantitative estimate of drug-likeness (QED) is 0.606. The van der Waals surface area contributed by atoms with Gasteiger partial charge < -0.3 is 5.32 Å². The summed E-state index contributed by atoms with van der Waals surface area (Å²) in [5, 5.41) is 3.05. The van der Waals surface area contributed by atoms with Crippen LogP contribution in [0.15, 0.2) is 48.5 Å². The second-order valence-corrected chi connectivity index (χ2v) is 11.8. The summed E-state index contributed by atoms with van der Waals surface area (Å²) >= 11 is 0. The number of sulfonamides is 1. The number of nitrogens with zero attached hydrogens (tertiary/aromatic N) is 3. The molecule has 0 spiro atoms. The summed E-state index contributed by atoms with van der Waals surface area (Å²) in [6.07, 6.45) is 6.51. The van der Waals surface area contributed by atoms with E-state index in [-0.39, 0.29) is 5.91 Å². The molecular formula is C27H38N4O3S. The Morgan fingerprint density at radius 2 is 1.37 bits per heavy atom. The summed E-state index contributed by atoms with van der Waals surface area (Å²) in [5.41, 5.74) is 4.20. The zero-order valence-electron chi connectivity index (χ0n) is 20.8. The lowest BCUT2D eigenvalue weighted by molar-refractivity contribution is 0.0951. The average Bonchev–Trinajstić information content (AvgIpc) is 3.12. The second kappa shape index (κ2) is 12.1. The maximum atomic E-state index is 12.7. The maximum Gasteiger partial charge on any atom is 0.251 e. The van der Waals surface area contributed by atoms with E-state index in [1.165, 1.54) is 54.9 Å². The minimum Gasteiger partial charge on any atom is -0.348 e. The number of carbonyl (C=O) groups excluding carboxylic acids is 1. The maximum absolute atomic E-state index is 12.7. The minimum atomic E-state index is -3.11. The monoisotopic (exact) mass is 498 g/mol. The van der Waals surface area contributed by atoms with Gasteiger partial charge in [0.1, 0.15) is 0 Å². The van der Waals surface area contributed by atoms with Crippen molar-refractivity contribution >= 4 is 15.9 Å². The number of benzene rings is 2. The predicted octanol–water partition coefficient (Wildman–Crippen LogP) is 3.07. The lowest BCUT2D eigenvalue weighted by Gasteiger charge is -2.33. The SMILES string of the molecule is CS(=O)(=O)N1CCN(Cc2ccc(C(=O)NCc3cccc(CN4CCCCCC4)c3)cc2)CC1. The van der Waals surface area contributed by atoms with E-state index in [0.29, 0.717) is 38.3 Å². The second-order valence-electron chi connectivity index (χ2n) is 9.83. The third-order valence-corrected chi connectivity index (χ3v) is 8.28. The Kier molecular flexibility index (Phi) is 8.94. The molecule has 0 aromatic heterocycles. The van der Waals surface area contributed by atoms with E-state index < -0.39 is 10.0 Å². The van der Waals surface area contributed by atoms with Gasteiger partial charge in [-0.3, -0.25) is 14.6 Å². The van der Waals surface area contributed by atoms with Crippen LogP contribution in [-0.2, 0) is 29.7 Å². The highest BCUT2D eigenvalue weighted by Crippen LogP contribution is 2.15. The Hall–Kier alpha value is -2.26. The number of carbonyl (C=O) groups is 1. The van der Waals surface area contributed by atoms with Crippen molar-refractivity contribution in [3.63, 3.8) is 0 Å². The summed E-state index contributed by atoms with van der Waals surface area (Å²) in [6.45, 7) is 7.08. The largest absolute Gasteiger partial charge is 0.348 e. The van der Waals surface area contributed by atoms with Crippen molar-refractivity contribution in [2.75, 3.05) is 45.5 Å². The molecule has 0 unspecified atom stereocenters. The number of piperazine rings is 1. The van der Waals surface area contributed by atoms with Crippen molar-refractivity contribution in [2.24, 2.45) is 0 Å². The summed E-state index contributed by atoms with van der Waals surface area (Å²) in [5.74, 6) is -0.0729. The summed E-state index contributed by atoms with van der Waals surface area (Å²) in [6, 6.07) is 16.2. The van der Waals surface area contributed by atoms with Crippen LogP contribution in [0.1, 0.15) is 52.7 Å². The van der Waals surface area contributed by atoms with Gasteiger partial charge in [0.2, 0.25) is 10.0 Å². The Labute approximate surface area is 210 Å². The van der Waals surface area contributed by atoms with Crippen LogP contribution in [0.5, 0.6) is 0 Å². The average molecular weight is 499 g/mol. The fourth-order valence-electron chi connectivity index (χ4n) is 4.91.